The third-order valence-corrected chi connectivity index (χ3v) is 6.89. The van der Waals surface area contributed by atoms with Crippen molar-refractivity contribution in [2.75, 3.05) is 33.3 Å². The lowest BCUT2D eigenvalue weighted by atomic mass is 9.99. The normalized spacial score (nSPS) is 13.5. The molecular weight excluding hydrogens is 542 g/mol. The number of ether oxygens (including phenoxy) is 1. The molecule has 0 radical (unpaired) electrons. The van der Waals surface area contributed by atoms with Crippen LogP contribution in [0.2, 0.25) is 0 Å². The number of rotatable bonds is 5. The van der Waals surface area contributed by atoms with Crippen molar-refractivity contribution >= 4 is 22.8 Å². The molecule has 5 rings (SSSR count). The number of carboxylic acids is 1. The number of aromatic nitrogens is 1. The van der Waals surface area contributed by atoms with Crippen LogP contribution < -0.4 is 10.1 Å². The number of carboxylic acid groups (broad SMARTS) is 1. The van der Waals surface area contributed by atoms with Crippen LogP contribution in [-0.2, 0) is 11.2 Å². The van der Waals surface area contributed by atoms with Crippen LogP contribution in [0.1, 0.15) is 27.2 Å². The van der Waals surface area contributed by atoms with Crippen molar-refractivity contribution in [1.82, 2.24) is 14.8 Å². The van der Waals surface area contributed by atoms with Crippen molar-refractivity contribution < 1.29 is 37.0 Å². The van der Waals surface area contributed by atoms with Gasteiger partial charge in [-0.1, -0.05) is 30.3 Å². The standard InChI is InChI=1S/C28H28FN3O2.C2HF3O2/c1-19-20(7-6-10-24(19)29)17-26-27(28(33)31-15-13-30-14-16-31)23-18-22(34-2)11-12-25(23)32(26)21-8-4-3-5-9-21;3-2(4,5)1(6)7/h3-12,18,30H,13-17H2,1-2H3;(H,6,7). The quantitative estimate of drug-likeness (QED) is 0.316. The minimum atomic E-state index is -5.08. The first-order valence-corrected chi connectivity index (χ1v) is 12.8. The van der Waals surface area contributed by atoms with Gasteiger partial charge in [-0.2, -0.15) is 13.2 Å². The number of hydrogen-bond acceptors (Lipinski definition) is 4. The summed E-state index contributed by atoms with van der Waals surface area (Å²) >= 11 is 0. The molecule has 1 aromatic heterocycles. The molecule has 7 nitrogen and oxygen atoms in total. The van der Waals surface area contributed by atoms with Crippen LogP contribution in [0.3, 0.4) is 0 Å². The molecule has 0 saturated carbocycles. The van der Waals surface area contributed by atoms with Gasteiger partial charge in [0.1, 0.15) is 11.6 Å². The third-order valence-electron chi connectivity index (χ3n) is 6.89. The zero-order chi connectivity index (χ0) is 29.7. The Morgan fingerprint density at radius 3 is 2.27 bits per heavy atom. The zero-order valence-corrected chi connectivity index (χ0v) is 22.5. The predicted octanol–water partition coefficient (Wildman–Crippen LogP) is 5.36. The summed E-state index contributed by atoms with van der Waals surface area (Å²) in [5.74, 6) is -2.30. The van der Waals surface area contributed by atoms with Crippen molar-refractivity contribution in [1.29, 1.82) is 0 Å². The fourth-order valence-corrected chi connectivity index (χ4v) is 4.78. The average Bonchev–Trinajstić information content (AvgIpc) is 3.28. The molecule has 0 aliphatic carbocycles. The van der Waals surface area contributed by atoms with Gasteiger partial charge in [-0.05, 0) is 54.4 Å². The van der Waals surface area contributed by atoms with Crippen molar-refractivity contribution in [3.05, 3.63) is 94.9 Å². The number of aliphatic carboxylic acids is 1. The molecule has 2 heterocycles. The summed E-state index contributed by atoms with van der Waals surface area (Å²) in [7, 11) is 1.63. The number of alkyl halides is 3. The molecule has 1 aliphatic heterocycles. The highest BCUT2D eigenvalue weighted by molar-refractivity contribution is 6.09. The molecule has 0 unspecified atom stereocenters. The maximum atomic E-state index is 14.5. The smallest absolute Gasteiger partial charge is 0.490 e. The van der Waals surface area contributed by atoms with E-state index in [0.717, 1.165) is 40.9 Å². The van der Waals surface area contributed by atoms with Crippen LogP contribution in [0, 0.1) is 12.7 Å². The number of carbonyl (C=O) groups excluding carboxylic acids is 1. The van der Waals surface area contributed by atoms with E-state index in [1.165, 1.54) is 6.07 Å². The highest BCUT2D eigenvalue weighted by Gasteiger charge is 2.38. The topological polar surface area (TPSA) is 83.8 Å². The van der Waals surface area contributed by atoms with Crippen molar-refractivity contribution in [2.45, 2.75) is 19.5 Å². The molecule has 2 N–H and O–H groups in total. The van der Waals surface area contributed by atoms with Crippen molar-refractivity contribution in [3.8, 4) is 11.4 Å². The lowest BCUT2D eigenvalue weighted by Crippen LogP contribution is -2.46. The number of hydrogen-bond donors (Lipinski definition) is 2. The van der Waals surface area contributed by atoms with Crippen LogP contribution in [0.5, 0.6) is 5.75 Å². The van der Waals surface area contributed by atoms with Crippen LogP contribution >= 0.6 is 0 Å². The SMILES string of the molecule is COc1ccc2c(c1)c(C(=O)N1CCNCC1)c(Cc1cccc(F)c1C)n2-c1ccccc1.O=C(O)C(F)(F)F. The number of carbonyl (C=O) groups is 2. The molecule has 216 valence electrons. The molecule has 4 aromatic rings. The number of amides is 1. The van der Waals surface area contributed by atoms with E-state index in [0.29, 0.717) is 36.4 Å². The molecule has 11 heteroatoms. The molecule has 1 aliphatic rings. The fraction of sp³-hybridized carbons (Fsp3) is 0.267. The minimum absolute atomic E-state index is 0.00140. The number of piperazine rings is 1. The van der Waals surface area contributed by atoms with Gasteiger partial charge in [0.05, 0.1) is 18.2 Å². The molecule has 0 atom stereocenters. The van der Waals surface area contributed by atoms with Crippen molar-refractivity contribution in [2.24, 2.45) is 0 Å². The van der Waals surface area contributed by atoms with Crippen LogP contribution in [0.4, 0.5) is 17.6 Å². The van der Waals surface area contributed by atoms with E-state index in [4.69, 9.17) is 14.6 Å². The van der Waals surface area contributed by atoms with Gasteiger partial charge >= 0.3 is 12.1 Å². The first-order chi connectivity index (χ1) is 19.5. The molecule has 1 fully saturated rings. The molecule has 0 spiro atoms. The van der Waals surface area contributed by atoms with Gasteiger partial charge in [-0.25, -0.2) is 9.18 Å². The van der Waals surface area contributed by atoms with E-state index in [-0.39, 0.29) is 11.7 Å². The number of methoxy groups -OCH3 is 1. The van der Waals surface area contributed by atoms with E-state index in [2.05, 4.69) is 9.88 Å². The van der Waals surface area contributed by atoms with Gasteiger partial charge in [0.2, 0.25) is 0 Å². The molecule has 1 amide bonds. The monoisotopic (exact) mass is 571 g/mol. The second-order valence-corrected chi connectivity index (χ2v) is 9.42. The number of fused-ring (bicyclic) bond motifs is 1. The second kappa shape index (κ2) is 12.4. The molecule has 41 heavy (non-hydrogen) atoms. The average molecular weight is 572 g/mol. The van der Waals surface area contributed by atoms with Gasteiger partial charge in [0, 0.05) is 49.4 Å². The van der Waals surface area contributed by atoms with Crippen LogP contribution in [-0.4, -0.2) is 65.9 Å². The van der Waals surface area contributed by atoms with Gasteiger partial charge in [-0.3, -0.25) is 4.79 Å². The maximum absolute atomic E-state index is 14.5. The van der Waals surface area contributed by atoms with Gasteiger partial charge in [-0.15, -0.1) is 0 Å². The number of nitrogens with zero attached hydrogens (tertiary/aromatic N) is 2. The Morgan fingerprint density at radius 1 is 1.00 bits per heavy atom. The number of benzene rings is 3. The van der Waals surface area contributed by atoms with Gasteiger partial charge < -0.3 is 24.6 Å². The number of para-hydroxylation sites is 1. The zero-order valence-electron chi connectivity index (χ0n) is 22.5. The summed E-state index contributed by atoms with van der Waals surface area (Å²) in [6.07, 6.45) is -4.65. The molecule has 3 aromatic carbocycles. The predicted molar refractivity (Wildman–Crippen MR) is 146 cm³/mol. The van der Waals surface area contributed by atoms with E-state index in [1.807, 2.05) is 59.5 Å². The lowest BCUT2D eigenvalue weighted by molar-refractivity contribution is -0.192. The lowest BCUT2D eigenvalue weighted by Gasteiger charge is -2.28. The van der Waals surface area contributed by atoms with Crippen molar-refractivity contribution in [3.63, 3.8) is 0 Å². The Morgan fingerprint density at radius 2 is 1.66 bits per heavy atom. The van der Waals surface area contributed by atoms with E-state index >= 15 is 0 Å². The molecule has 0 bridgehead atoms. The summed E-state index contributed by atoms with van der Waals surface area (Å²) < 4.78 is 53.8. The Balaban J connectivity index is 0.000000493. The van der Waals surface area contributed by atoms with Crippen LogP contribution in [0.15, 0.2) is 66.7 Å². The summed E-state index contributed by atoms with van der Waals surface area (Å²) in [6.45, 7) is 4.63. The summed E-state index contributed by atoms with van der Waals surface area (Å²) in [6, 6.07) is 21.0. The third kappa shape index (κ3) is 6.51. The highest BCUT2D eigenvalue weighted by atomic mass is 19.4. The number of nitrogens with one attached hydrogen (secondary N) is 1. The summed E-state index contributed by atoms with van der Waals surface area (Å²) in [5.41, 5.74) is 4.86. The van der Waals surface area contributed by atoms with E-state index < -0.39 is 12.1 Å². The maximum Gasteiger partial charge on any atom is 0.490 e. The second-order valence-electron chi connectivity index (χ2n) is 9.42. The Labute approximate surface area is 233 Å². The highest BCUT2D eigenvalue weighted by Crippen LogP contribution is 2.35. The van der Waals surface area contributed by atoms with Gasteiger partial charge in [0.15, 0.2) is 0 Å². The number of halogens is 4. The van der Waals surface area contributed by atoms with Crippen LogP contribution in [0.25, 0.3) is 16.6 Å². The first-order valence-electron chi connectivity index (χ1n) is 12.8. The molecular formula is C30H29F4N3O4. The fourth-order valence-electron chi connectivity index (χ4n) is 4.78. The first kappa shape index (κ1) is 29.6. The Kier molecular flexibility index (Phi) is 8.97. The van der Waals surface area contributed by atoms with Gasteiger partial charge in [0.25, 0.3) is 5.91 Å². The Bertz CT molecular complexity index is 1550. The van der Waals surface area contributed by atoms with E-state index in [1.54, 1.807) is 20.1 Å². The van der Waals surface area contributed by atoms with E-state index in [9.17, 15) is 22.4 Å². The minimum Gasteiger partial charge on any atom is -0.497 e. The Hall–Kier alpha value is -4.38. The molecule has 1 saturated heterocycles. The summed E-state index contributed by atoms with van der Waals surface area (Å²) in [4.78, 5) is 24.8. The largest absolute Gasteiger partial charge is 0.497 e. The summed E-state index contributed by atoms with van der Waals surface area (Å²) in [5, 5.41) is 11.3.